The molecular weight excluding hydrogens is 399 g/mol. The zero-order valence-corrected chi connectivity index (χ0v) is 12.7. The lowest BCUT2D eigenvalue weighted by Gasteiger charge is -2.19. The zero-order chi connectivity index (χ0) is 12.4. The van der Waals surface area contributed by atoms with Crippen LogP contribution in [0.25, 0.3) is 0 Å². The molecule has 1 amide bonds. The van der Waals surface area contributed by atoms with Crippen molar-refractivity contribution in [2.24, 2.45) is 0 Å². The molecule has 1 aliphatic heterocycles. The van der Waals surface area contributed by atoms with Crippen LogP contribution < -0.4 is 10.2 Å². The van der Waals surface area contributed by atoms with Crippen LogP contribution in [-0.4, -0.2) is 30.3 Å². The van der Waals surface area contributed by atoms with Gasteiger partial charge in [0.2, 0.25) is 0 Å². The summed E-state index contributed by atoms with van der Waals surface area (Å²) in [7, 11) is 0. The molecule has 0 saturated carbocycles. The van der Waals surface area contributed by atoms with Crippen LogP contribution in [0.3, 0.4) is 0 Å². The number of hydrogen-bond donors (Lipinski definition) is 2. The minimum absolute atomic E-state index is 0.0329. The third-order valence-electron chi connectivity index (χ3n) is 2.78. The van der Waals surface area contributed by atoms with Gasteiger partial charge in [-0.05, 0) is 63.1 Å². The minimum atomic E-state index is -0.944. The zero-order valence-electron chi connectivity index (χ0n) is 8.99. The molecule has 1 aromatic carbocycles. The second-order valence-electron chi connectivity index (χ2n) is 3.98. The van der Waals surface area contributed by atoms with E-state index in [-0.39, 0.29) is 6.04 Å². The van der Waals surface area contributed by atoms with Gasteiger partial charge >= 0.3 is 6.09 Å². The van der Waals surface area contributed by atoms with Crippen LogP contribution in [0.15, 0.2) is 22.7 Å². The van der Waals surface area contributed by atoms with Gasteiger partial charge in [-0.2, -0.15) is 0 Å². The maximum atomic E-state index is 10.6. The summed E-state index contributed by atoms with van der Waals surface area (Å²) in [5.74, 6) is 0. The highest BCUT2D eigenvalue weighted by Gasteiger charge is 2.24. The number of nitrogens with one attached hydrogen (secondary N) is 1. The van der Waals surface area contributed by atoms with Crippen molar-refractivity contribution in [1.82, 2.24) is 5.32 Å². The van der Waals surface area contributed by atoms with E-state index in [0.29, 0.717) is 0 Å². The molecule has 0 aliphatic carbocycles. The first-order valence-electron chi connectivity index (χ1n) is 5.25. The monoisotopic (exact) mass is 410 g/mol. The summed E-state index contributed by atoms with van der Waals surface area (Å²) >= 11 is 5.77. The lowest BCUT2D eigenvalue weighted by atomic mass is 10.3. The Kier molecular flexibility index (Phi) is 4.13. The third kappa shape index (κ3) is 3.25. The largest absolute Gasteiger partial charge is 0.465 e. The average molecular weight is 411 g/mol. The molecule has 1 heterocycles. The fraction of sp³-hybridized carbons (Fsp3) is 0.364. The van der Waals surface area contributed by atoms with Gasteiger partial charge in [0, 0.05) is 26.8 Å². The van der Waals surface area contributed by atoms with Crippen molar-refractivity contribution in [3.8, 4) is 0 Å². The normalized spacial score (nSPS) is 19.4. The quantitative estimate of drug-likeness (QED) is 0.737. The molecule has 0 spiro atoms. The third-order valence-corrected chi connectivity index (χ3v) is 5.12. The Morgan fingerprint density at radius 1 is 1.59 bits per heavy atom. The van der Waals surface area contributed by atoms with Gasteiger partial charge in [0.1, 0.15) is 0 Å². The van der Waals surface area contributed by atoms with Crippen molar-refractivity contribution in [3.05, 3.63) is 26.2 Å². The van der Waals surface area contributed by atoms with E-state index in [4.69, 9.17) is 5.11 Å². The van der Waals surface area contributed by atoms with Crippen molar-refractivity contribution in [2.75, 3.05) is 18.0 Å². The van der Waals surface area contributed by atoms with Crippen molar-refractivity contribution in [3.63, 3.8) is 0 Å². The lowest BCUT2D eigenvalue weighted by Crippen LogP contribution is -2.36. The molecule has 4 nitrogen and oxygen atoms in total. The molecule has 2 N–H and O–H groups in total. The van der Waals surface area contributed by atoms with Crippen molar-refractivity contribution < 1.29 is 9.90 Å². The number of carbonyl (C=O) groups is 1. The molecular formula is C11H12BrIN2O2. The Morgan fingerprint density at radius 2 is 2.35 bits per heavy atom. The number of anilines is 1. The van der Waals surface area contributed by atoms with Crippen molar-refractivity contribution >= 4 is 50.3 Å². The van der Waals surface area contributed by atoms with Crippen LogP contribution in [0.4, 0.5) is 10.5 Å². The minimum Gasteiger partial charge on any atom is -0.465 e. The molecule has 1 aliphatic rings. The molecule has 1 unspecified atom stereocenters. The molecule has 1 aromatic rings. The van der Waals surface area contributed by atoms with E-state index in [9.17, 15) is 4.79 Å². The van der Waals surface area contributed by atoms with Gasteiger partial charge in [0.05, 0.1) is 6.04 Å². The van der Waals surface area contributed by atoms with Crippen LogP contribution in [0.5, 0.6) is 0 Å². The highest BCUT2D eigenvalue weighted by Crippen LogP contribution is 2.27. The summed E-state index contributed by atoms with van der Waals surface area (Å²) in [5, 5.41) is 11.2. The fourth-order valence-corrected chi connectivity index (χ4v) is 2.67. The van der Waals surface area contributed by atoms with Crippen LogP contribution in [0, 0.1) is 3.57 Å². The van der Waals surface area contributed by atoms with E-state index < -0.39 is 6.09 Å². The predicted octanol–water partition coefficient (Wildman–Crippen LogP) is 2.90. The predicted molar refractivity (Wildman–Crippen MR) is 78.6 cm³/mol. The van der Waals surface area contributed by atoms with E-state index in [1.807, 2.05) is 0 Å². The first-order chi connectivity index (χ1) is 8.06. The summed E-state index contributed by atoms with van der Waals surface area (Å²) in [5.41, 5.74) is 1.13. The SMILES string of the molecule is O=C(O)NC1CCN(c2ccc(I)c(Br)c2)C1. The van der Waals surface area contributed by atoms with Gasteiger partial charge in [-0.15, -0.1) is 0 Å². The molecule has 1 fully saturated rings. The second kappa shape index (κ2) is 5.43. The highest BCUT2D eigenvalue weighted by molar-refractivity contribution is 14.1. The molecule has 17 heavy (non-hydrogen) atoms. The molecule has 2 rings (SSSR count). The van der Waals surface area contributed by atoms with Gasteiger partial charge < -0.3 is 15.3 Å². The average Bonchev–Trinajstić information content (AvgIpc) is 2.69. The van der Waals surface area contributed by atoms with E-state index in [2.05, 4.69) is 66.9 Å². The molecule has 92 valence electrons. The Hall–Kier alpha value is -0.500. The van der Waals surface area contributed by atoms with Crippen LogP contribution in [0.2, 0.25) is 0 Å². The van der Waals surface area contributed by atoms with Gasteiger partial charge in [0.25, 0.3) is 0 Å². The number of amides is 1. The summed E-state index contributed by atoms with van der Waals surface area (Å²) < 4.78 is 2.25. The molecule has 1 saturated heterocycles. The fourth-order valence-electron chi connectivity index (χ4n) is 1.97. The molecule has 0 aromatic heterocycles. The summed E-state index contributed by atoms with van der Waals surface area (Å²) in [6.07, 6.45) is -0.0868. The Bertz CT molecular complexity index is 441. The van der Waals surface area contributed by atoms with Gasteiger partial charge in [-0.1, -0.05) is 0 Å². The maximum absolute atomic E-state index is 10.6. The van der Waals surface area contributed by atoms with Gasteiger partial charge in [-0.25, -0.2) is 4.79 Å². The van der Waals surface area contributed by atoms with E-state index in [1.165, 1.54) is 3.57 Å². The first kappa shape index (κ1) is 12.9. The number of halogens is 2. The number of hydrogen-bond acceptors (Lipinski definition) is 2. The summed E-state index contributed by atoms with van der Waals surface area (Å²) in [4.78, 5) is 12.8. The number of nitrogens with zero attached hydrogens (tertiary/aromatic N) is 1. The number of carboxylic acid groups (broad SMARTS) is 1. The molecule has 1 atom stereocenters. The Morgan fingerprint density at radius 3 is 3.00 bits per heavy atom. The highest BCUT2D eigenvalue weighted by atomic mass is 127. The molecule has 0 bridgehead atoms. The molecule has 6 heteroatoms. The smallest absolute Gasteiger partial charge is 0.404 e. The topological polar surface area (TPSA) is 52.6 Å². The van der Waals surface area contributed by atoms with E-state index in [1.54, 1.807) is 0 Å². The van der Waals surface area contributed by atoms with Crippen LogP contribution in [0.1, 0.15) is 6.42 Å². The number of benzene rings is 1. The maximum Gasteiger partial charge on any atom is 0.404 e. The van der Waals surface area contributed by atoms with Gasteiger partial charge in [-0.3, -0.25) is 0 Å². The Labute approximate surface area is 122 Å². The first-order valence-corrected chi connectivity index (χ1v) is 7.13. The summed E-state index contributed by atoms with van der Waals surface area (Å²) in [6.45, 7) is 1.62. The molecule has 0 radical (unpaired) electrons. The van der Waals surface area contributed by atoms with Crippen molar-refractivity contribution in [1.29, 1.82) is 0 Å². The van der Waals surface area contributed by atoms with Crippen molar-refractivity contribution in [2.45, 2.75) is 12.5 Å². The standard InChI is InChI=1S/C11H12BrIN2O2/c12-9-5-8(1-2-10(9)13)15-4-3-7(6-15)14-11(16)17/h1-2,5,7,14H,3-4,6H2,(H,16,17). The van der Waals surface area contributed by atoms with E-state index >= 15 is 0 Å². The van der Waals surface area contributed by atoms with E-state index in [0.717, 1.165) is 29.7 Å². The second-order valence-corrected chi connectivity index (χ2v) is 6.00. The lowest BCUT2D eigenvalue weighted by molar-refractivity contribution is 0.191. The Balaban J connectivity index is 2.04. The van der Waals surface area contributed by atoms with Crippen LogP contribution in [-0.2, 0) is 0 Å². The number of rotatable bonds is 2. The summed E-state index contributed by atoms with van der Waals surface area (Å²) in [6, 6.07) is 6.23. The van der Waals surface area contributed by atoms with Gasteiger partial charge in [0.15, 0.2) is 0 Å². The van der Waals surface area contributed by atoms with Crippen LogP contribution >= 0.6 is 38.5 Å².